The molecule has 8 nitrogen and oxygen atoms in total. The van der Waals surface area contributed by atoms with Crippen LogP contribution in [0.3, 0.4) is 0 Å². The number of aliphatic carboxylic acids is 1. The van der Waals surface area contributed by atoms with Crippen molar-refractivity contribution >= 4 is 49.8 Å². The van der Waals surface area contributed by atoms with E-state index in [-0.39, 0.29) is 30.6 Å². The zero-order chi connectivity index (χ0) is 28.8. The normalized spacial score (nSPS) is 29.4. The number of thiophene rings is 2. The minimum atomic E-state index is -1.04. The molecular formula is C32H33NO7S2. The van der Waals surface area contributed by atoms with Crippen molar-refractivity contribution < 1.29 is 34.1 Å². The Kier molecular flexibility index (Phi) is 6.13. The molecular weight excluding hydrogens is 574 g/mol. The predicted molar refractivity (Wildman–Crippen MR) is 158 cm³/mol. The van der Waals surface area contributed by atoms with Crippen LogP contribution >= 0.6 is 22.7 Å². The largest absolute Gasteiger partial charge is 0.481 e. The van der Waals surface area contributed by atoms with Crippen LogP contribution in [0.1, 0.15) is 65.8 Å². The first-order chi connectivity index (χ1) is 20.2. The van der Waals surface area contributed by atoms with Crippen LogP contribution < -0.4 is 9.47 Å². The van der Waals surface area contributed by atoms with Crippen molar-refractivity contribution in [2.45, 2.75) is 87.4 Å². The number of ketones is 1. The first-order valence-electron chi connectivity index (χ1n) is 15.0. The molecule has 4 atom stereocenters. The van der Waals surface area contributed by atoms with Gasteiger partial charge in [0.25, 0.3) is 0 Å². The molecule has 2 N–H and O–H groups in total. The van der Waals surface area contributed by atoms with Crippen molar-refractivity contribution in [3.05, 3.63) is 45.1 Å². The number of carboxylic acid groups (broad SMARTS) is 1. The number of aliphatic hydroxyl groups is 1. The monoisotopic (exact) mass is 607 g/mol. The van der Waals surface area contributed by atoms with Gasteiger partial charge in [0.1, 0.15) is 0 Å². The third-order valence-electron chi connectivity index (χ3n) is 10.2. The third-order valence-corrected chi connectivity index (χ3v) is 12.6. The summed E-state index contributed by atoms with van der Waals surface area (Å²) in [5.41, 5.74) is 0.162. The number of likely N-dealkylation sites (tertiary alicyclic amines) is 1. The fourth-order valence-electron chi connectivity index (χ4n) is 8.14. The van der Waals surface area contributed by atoms with E-state index in [1.54, 1.807) is 28.7 Å². The topological polar surface area (TPSA) is 113 Å². The lowest BCUT2D eigenvalue weighted by molar-refractivity contribution is -0.188. The maximum Gasteiger partial charge on any atom is 0.311 e. The van der Waals surface area contributed by atoms with Crippen LogP contribution in [0, 0.1) is 5.92 Å². The Morgan fingerprint density at radius 3 is 2.52 bits per heavy atom. The summed E-state index contributed by atoms with van der Waals surface area (Å²) in [5, 5.41) is 21.4. The second-order valence-electron chi connectivity index (χ2n) is 12.7. The van der Waals surface area contributed by atoms with E-state index in [1.807, 2.05) is 12.1 Å². The molecule has 2 saturated carbocycles. The lowest BCUT2D eigenvalue weighted by Gasteiger charge is -2.62. The van der Waals surface area contributed by atoms with Crippen LogP contribution in [-0.2, 0) is 39.1 Å². The summed E-state index contributed by atoms with van der Waals surface area (Å²) in [5.74, 6) is 0.391. The molecule has 3 aromatic rings. The van der Waals surface area contributed by atoms with Gasteiger partial charge in [-0.05, 0) is 81.2 Å². The van der Waals surface area contributed by atoms with Crippen molar-refractivity contribution in [1.29, 1.82) is 0 Å². The molecule has 5 aliphatic rings. The second-order valence-corrected chi connectivity index (χ2v) is 15.1. The van der Waals surface area contributed by atoms with Gasteiger partial charge < -0.3 is 19.7 Å². The molecule has 3 fully saturated rings. The molecule has 2 bridgehead atoms. The van der Waals surface area contributed by atoms with Crippen molar-refractivity contribution in [3.8, 4) is 11.5 Å². The van der Waals surface area contributed by atoms with Gasteiger partial charge in [0.2, 0.25) is 0 Å². The van der Waals surface area contributed by atoms with Gasteiger partial charge >= 0.3 is 11.9 Å². The molecule has 1 spiro atoms. The standard InChI is InChI=1S/C32H33NO7S2/c34-21-9-10-32(38)25-13-18-3-6-22(29-28(18)31(32,30(21)40-29)11-12-33(25)16-17-1-2-17)39-27(37)8-5-20-15-24-23(42-20)14-19(41-24)4-7-26(35)36/h3,6,14-15,17,25,30,38H,1-2,4-5,7-13,16H2,(H,35,36)/t25-,30+,31+,32-/m1/s1. The van der Waals surface area contributed by atoms with Gasteiger partial charge in [0, 0.05) is 43.7 Å². The molecule has 4 heterocycles. The number of benzene rings is 1. The number of carboxylic acids is 1. The van der Waals surface area contributed by atoms with Crippen LogP contribution in [0.15, 0.2) is 24.3 Å². The number of rotatable bonds is 9. The third kappa shape index (κ3) is 4.02. The highest BCUT2D eigenvalue weighted by Crippen LogP contribution is 2.65. The average molecular weight is 608 g/mol. The molecule has 10 heteroatoms. The zero-order valence-corrected chi connectivity index (χ0v) is 24.9. The summed E-state index contributed by atoms with van der Waals surface area (Å²) in [6.07, 6.45) is 5.27. The molecule has 1 saturated heterocycles. The van der Waals surface area contributed by atoms with Gasteiger partial charge in [-0.2, -0.15) is 0 Å². The Hall–Kier alpha value is -2.79. The van der Waals surface area contributed by atoms with E-state index in [1.165, 1.54) is 12.8 Å². The smallest absolute Gasteiger partial charge is 0.311 e. The van der Waals surface area contributed by atoms with E-state index < -0.39 is 23.1 Å². The number of Topliss-reactive ketones (excluding diaryl/α,β-unsaturated/α-hetero) is 1. The van der Waals surface area contributed by atoms with Gasteiger partial charge in [0.05, 0.1) is 23.9 Å². The summed E-state index contributed by atoms with van der Waals surface area (Å²) in [4.78, 5) is 41.8. The van der Waals surface area contributed by atoms with Crippen molar-refractivity contribution in [1.82, 2.24) is 4.90 Å². The number of ether oxygens (including phenoxy) is 2. The molecule has 3 aliphatic carbocycles. The summed E-state index contributed by atoms with van der Waals surface area (Å²) in [6, 6.07) is 7.90. The van der Waals surface area contributed by atoms with E-state index in [9.17, 15) is 19.5 Å². The number of fused-ring (bicyclic) bond motifs is 1. The Bertz CT molecular complexity index is 1610. The van der Waals surface area contributed by atoms with Gasteiger partial charge in [-0.25, -0.2) is 0 Å². The molecule has 0 amide bonds. The predicted octanol–water partition coefficient (Wildman–Crippen LogP) is 4.65. The van der Waals surface area contributed by atoms with Gasteiger partial charge in [-0.1, -0.05) is 6.07 Å². The fraction of sp³-hybridized carbons (Fsp3) is 0.531. The second kappa shape index (κ2) is 9.61. The number of esters is 1. The molecule has 1 aromatic carbocycles. The lowest BCUT2D eigenvalue weighted by atomic mass is 9.49. The fourth-order valence-corrected chi connectivity index (χ4v) is 10.6. The first kappa shape index (κ1) is 26.8. The van der Waals surface area contributed by atoms with Gasteiger partial charge in [0.15, 0.2) is 23.4 Å². The quantitative estimate of drug-likeness (QED) is 0.267. The van der Waals surface area contributed by atoms with Crippen LogP contribution in [-0.4, -0.2) is 63.7 Å². The Balaban J connectivity index is 1.02. The number of carbonyl (C=O) groups excluding carboxylic acids is 2. The molecule has 2 aromatic heterocycles. The Morgan fingerprint density at radius 1 is 1.07 bits per heavy atom. The lowest BCUT2D eigenvalue weighted by Crippen LogP contribution is -2.76. The van der Waals surface area contributed by atoms with E-state index >= 15 is 0 Å². The van der Waals surface area contributed by atoms with Gasteiger partial charge in [-0.15, -0.1) is 22.7 Å². The van der Waals surface area contributed by atoms with Gasteiger partial charge in [-0.3, -0.25) is 19.3 Å². The molecule has 42 heavy (non-hydrogen) atoms. The number of aryl methyl sites for hydroxylation is 2. The Morgan fingerprint density at radius 2 is 1.81 bits per heavy atom. The van der Waals surface area contributed by atoms with E-state index in [0.29, 0.717) is 55.9 Å². The molecule has 8 rings (SSSR count). The molecule has 220 valence electrons. The highest BCUT2D eigenvalue weighted by atomic mass is 32.1. The highest BCUT2D eigenvalue weighted by molar-refractivity contribution is 7.27. The van der Waals surface area contributed by atoms with Crippen LogP contribution in [0.25, 0.3) is 9.40 Å². The number of nitrogens with zero attached hydrogens (tertiary/aromatic N) is 1. The zero-order valence-electron chi connectivity index (χ0n) is 23.2. The summed E-state index contributed by atoms with van der Waals surface area (Å²) in [6.45, 7) is 1.84. The van der Waals surface area contributed by atoms with Crippen LogP contribution in [0.5, 0.6) is 11.5 Å². The van der Waals surface area contributed by atoms with Crippen molar-refractivity contribution in [3.63, 3.8) is 0 Å². The summed E-state index contributed by atoms with van der Waals surface area (Å²) in [7, 11) is 0. The van der Waals surface area contributed by atoms with E-state index in [4.69, 9.17) is 14.6 Å². The number of hydrogen-bond acceptors (Lipinski definition) is 9. The summed E-state index contributed by atoms with van der Waals surface area (Å²) < 4.78 is 14.5. The van der Waals surface area contributed by atoms with E-state index in [0.717, 1.165) is 43.4 Å². The number of carbonyl (C=O) groups is 3. The highest BCUT2D eigenvalue weighted by Gasteiger charge is 2.73. The first-order valence-corrected chi connectivity index (χ1v) is 16.6. The number of piperidine rings is 1. The van der Waals surface area contributed by atoms with Crippen LogP contribution in [0.2, 0.25) is 0 Å². The van der Waals surface area contributed by atoms with Crippen molar-refractivity contribution in [2.24, 2.45) is 5.92 Å². The van der Waals surface area contributed by atoms with E-state index in [2.05, 4.69) is 11.0 Å². The maximum absolute atomic E-state index is 13.3. The van der Waals surface area contributed by atoms with Crippen molar-refractivity contribution in [2.75, 3.05) is 13.1 Å². The number of hydrogen-bond donors (Lipinski definition) is 2. The molecule has 0 unspecified atom stereocenters. The SMILES string of the molecule is O=C(O)CCc1cc2sc(CCC(=O)Oc3ccc4c5c3O[C@H]3C(=O)CC[C@@]6(O)[C@@H](C4)N(CC4CC4)CC[C@]536)cc2s1. The Labute approximate surface area is 251 Å². The molecule has 0 radical (unpaired) electrons. The average Bonchev–Trinajstić information content (AvgIpc) is 3.40. The van der Waals surface area contributed by atoms with Crippen LogP contribution in [0.4, 0.5) is 0 Å². The summed E-state index contributed by atoms with van der Waals surface area (Å²) >= 11 is 3.22. The molecule has 2 aliphatic heterocycles. The maximum atomic E-state index is 13.3. The minimum absolute atomic E-state index is 0.0270. The minimum Gasteiger partial charge on any atom is -0.481 e.